The largest absolute Gasteiger partial charge is 0.353 e. The number of aryl methyl sites for hydroxylation is 1. The number of anilines is 1. The van der Waals surface area contributed by atoms with E-state index in [9.17, 15) is 8.42 Å². The molecule has 1 saturated heterocycles. The first-order chi connectivity index (χ1) is 14.5. The van der Waals surface area contributed by atoms with E-state index in [1.54, 1.807) is 42.9 Å². The second-order valence-electron chi connectivity index (χ2n) is 7.12. The minimum atomic E-state index is -3.57. The third-order valence-electron chi connectivity index (χ3n) is 5.27. The van der Waals surface area contributed by atoms with Gasteiger partial charge in [-0.25, -0.2) is 13.4 Å². The molecule has 3 aromatic rings. The molecule has 0 N–H and O–H groups in total. The van der Waals surface area contributed by atoms with E-state index in [2.05, 4.69) is 16.0 Å². The van der Waals surface area contributed by atoms with Gasteiger partial charge in [-0.3, -0.25) is 4.98 Å². The fraction of sp³-hybridized carbons (Fsp3) is 0.227. The maximum atomic E-state index is 13.2. The van der Waals surface area contributed by atoms with Crippen LogP contribution in [0.5, 0.6) is 0 Å². The number of benzene rings is 2. The van der Waals surface area contributed by atoms with Crippen LogP contribution in [0.3, 0.4) is 0 Å². The summed E-state index contributed by atoms with van der Waals surface area (Å²) >= 11 is 0. The summed E-state index contributed by atoms with van der Waals surface area (Å²) in [6, 6.07) is 14.6. The Balaban J connectivity index is 1.52. The molecule has 30 heavy (non-hydrogen) atoms. The molecule has 0 spiro atoms. The standard InChI is InChI=1S/C22H21N5O2S/c1-17-14-20(6-7-21(17)19-4-2-18(15-23)3-5-19)30(28,29)27-12-10-26(11-13-27)22-16-24-8-9-25-22/h2-9,14,16H,10-13H2,1H3. The highest BCUT2D eigenvalue weighted by atomic mass is 32.2. The fourth-order valence-corrected chi connectivity index (χ4v) is 5.11. The van der Waals surface area contributed by atoms with Crippen molar-refractivity contribution in [2.75, 3.05) is 31.1 Å². The number of hydrogen-bond acceptors (Lipinski definition) is 6. The van der Waals surface area contributed by atoms with Crippen molar-refractivity contribution in [2.45, 2.75) is 11.8 Å². The summed E-state index contributed by atoms with van der Waals surface area (Å²) in [5.41, 5.74) is 3.37. The lowest BCUT2D eigenvalue weighted by Crippen LogP contribution is -2.48. The maximum absolute atomic E-state index is 13.2. The highest BCUT2D eigenvalue weighted by Crippen LogP contribution is 2.28. The van der Waals surface area contributed by atoms with E-state index < -0.39 is 10.0 Å². The van der Waals surface area contributed by atoms with Gasteiger partial charge in [-0.1, -0.05) is 18.2 Å². The Kier molecular flexibility index (Phi) is 5.48. The molecule has 0 amide bonds. The van der Waals surface area contributed by atoms with Crippen LogP contribution >= 0.6 is 0 Å². The summed E-state index contributed by atoms with van der Waals surface area (Å²) in [6.45, 7) is 3.84. The number of rotatable bonds is 4. The van der Waals surface area contributed by atoms with Crippen molar-refractivity contribution in [1.29, 1.82) is 5.26 Å². The van der Waals surface area contributed by atoms with Gasteiger partial charge in [0.2, 0.25) is 10.0 Å². The van der Waals surface area contributed by atoms with Crippen molar-refractivity contribution >= 4 is 15.8 Å². The Morgan fingerprint density at radius 3 is 2.33 bits per heavy atom. The highest BCUT2D eigenvalue weighted by Gasteiger charge is 2.29. The average molecular weight is 420 g/mol. The fourth-order valence-electron chi connectivity index (χ4n) is 3.61. The van der Waals surface area contributed by atoms with Crippen molar-refractivity contribution in [1.82, 2.24) is 14.3 Å². The lowest BCUT2D eigenvalue weighted by Gasteiger charge is -2.34. The molecular formula is C22H21N5O2S. The molecular weight excluding hydrogens is 398 g/mol. The zero-order valence-corrected chi connectivity index (χ0v) is 17.4. The van der Waals surface area contributed by atoms with E-state index >= 15 is 0 Å². The van der Waals surface area contributed by atoms with Gasteiger partial charge < -0.3 is 4.90 Å². The van der Waals surface area contributed by atoms with Crippen LogP contribution in [-0.2, 0) is 10.0 Å². The van der Waals surface area contributed by atoms with E-state index in [1.807, 2.05) is 30.0 Å². The van der Waals surface area contributed by atoms with E-state index in [4.69, 9.17) is 5.26 Å². The minimum Gasteiger partial charge on any atom is -0.353 e. The summed E-state index contributed by atoms with van der Waals surface area (Å²) in [4.78, 5) is 10.7. The molecule has 7 nitrogen and oxygen atoms in total. The topological polar surface area (TPSA) is 90.2 Å². The molecule has 4 rings (SSSR count). The predicted octanol–water partition coefficient (Wildman–Crippen LogP) is 2.83. The summed E-state index contributed by atoms with van der Waals surface area (Å²) in [5, 5.41) is 8.95. The molecule has 1 aliphatic rings. The Labute approximate surface area is 176 Å². The first-order valence-electron chi connectivity index (χ1n) is 9.61. The monoisotopic (exact) mass is 419 g/mol. The van der Waals surface area contributed by atoms with Crippen molar-refractivity contribution < 1.29 is 8.42 Å². The predicted molar refractivity (Wildman–Crippen MR) is 114 cm³/mol. The van der Waals surface area contributed by atoms with Crippen LogP contribution in [0, 0.1) is 18.3 Å². The number of aromatic nitrogens is 2. The number of piperazine rings is 1. The van der Waals surface area contributed by atoms with E-state index in [0.717, 1.165) is 22.5 Å². The zero-order valence-electron chi connectivity index (χ0n) is 16.6. The summed E-state index contributed by atoms with van der Waals surface area (Å²) in [6.07, 6.45) is 4.94. The lowest BCUT2D eigenvalue weighted by atomic mass is 10.00. The molecule has 0 atom stereocenters. The van der Waals surface area contributed by atoms with Crippen molar-refractivity contribution in [3.63, 3.8) is 0 Å². The zero-order chi connectivity index (χ0) is 21.1. The van der Waals surface area contributed by atoms with Gasteiger partial charge in [0.15, 0.2) is 0 Å². The number of sulfonamides is 1. The summed E-state index contributed by atoms with van der Waals surface area (Å²) < 4.78 is 27.8. The van der Waals surface area contributed by atoms with Gasteiger partial charge in [-0.2, -0.15) is 9.57 Å². The van der Waals surface area contributed by atoms with Crippen LogP contribution in [0.4, 0.5) is 5.82 Å². The van der Waals surface area contributed by atoms with Crippen LogP contribution in [-0.4, -0.2) is 48.9 Å². The molecule has 1 fully saturated rings. The number of hydrogen-bond donors (Lipinski definition) is 0. The summed E-state index contributed by atoms with van der Waals surface area (Å²) in [5.74, 6) is 0.761. The molecule has 1 aromatic heterocycles. The summed E-state index contributed by atoms with van der Waals surface area (Å²) in [7, 11) is -3.57. The molecule has 2 heterocycles. The molecule has 0 radical (unpaired) electrons. The Morgan fingerprint density at radius 2 is 1.73 bits per heavy atom. The van der Waals surface area contributed by atoms with Gasteiger partial charge in [-0.05, 0) is 47.9 Å². The van der Waals surface area contributed by atoms with Crippen molar-refractivity contribution in [2.24, 2.45) is 0 Å². The molecule has 0 bridgehead atoms. The molecule has 0 unspecified atom stereocenters. The second-order valence-corrected chi connectivity index (χ2v) is 9.06. The van der Waals surface area contributed by atoms with Gasteiger partial charge in [-0.15, -0.1) is 0 Å². The Bertz CT molecular complexity index is 1180. The van der Waals surface area contributed by atoms with Crippen molar-refractivity contribution in [3.8, 4) is 17.2 Å². The van der Waals surface area contributed by atoms with E-state index in [1.165, 1.54) is 4.31 Å². The quantitative estimate of drug-likeness (QED) is 0.646. The molecule has 1 aliphatic heterocycles. The lowest BCUT2D eigenvalue weighted by molar-refractivity contribution is 0.383. The third kappa shape index (κ3) is 3.90. The smallest absolute Gasteiger partial charge is 0.243 e. The van der Waals surface area contributed by atoms with Crippen LogP contribution in [0.15, 0.2) is 66.0 Å². The molecule has 8 heteroatoms. The van der Waals surface area contributed by atoms with Gasteiger partial charge >= 0.3 is 0 Å². The normalized spacial score (nSPS) is 15.0. The van der Waals surface area contributed by atoms with Crippen molar-refractivity contribution in [3.05, 3.63) is 72.2 Å². The molecule has 0 aliphatic carbocycles. The minimum absolute atomic E-state index is 0.297. The molecule has 0 saturated carbocycles. The highest BCUT2D eigenvalue weighted by molar-refractivity contribution is 7.89. The van der Waals surface area contributed by atoms with Gasteiger partial charge in [0.05, 0.1) is 22.7 Å². The SMILES string of the molecule is Cc1cc(S(=O)(=O)N2CCN(c3cnccn3)CC2)ccc1-c1ccc(C#N)cc1. The average Bonchev–Trinajstić information content (AvgIpc) is 2.80. The van der Waals surface area contributed by atoms with Crippen LogP contribution < -0.4 is 4.90 Å². The van der Waals surface area contributed by atoms with Crippen LogP contribution in [0.1, 0.15) is 11.1 Å². The molecule has 2 aromatic carbocycles. The van der Waals surface area contributed by atoms with E-state index in [-0.39, 0.29) is 0 Å². The third-order valence-corrected chi connectivity index (χ3v) is 7.17. The van der Waals surface area contributed by atoms with Crippen LogP contribution in [0.2, 0.25) is 0 Å². The number of nitrogens with zero attached hydrogens (tertiary/aromatic N) is 5. The maximum Gasteiger partial charge on any atom is 0.243 e. The van der Waals surface area contributed by atoms with Crippen LogP contribution in [0.25, 0.3) is 11.1 Å². The first kappa shape index (κ1) is 20.0. The Morgan fingerprint density at radius 1 is 1.00 bits per heavy atom. The van der Waals surface area contributed by atoms with Gasteiger partial charge in [0.1, 0.15) is 5.82 Å². The second kappa shape index (κ2) is 8.22. The number of nitriles is 1. The Hall–Kier alpha value is -3.28. The molecule has 152 valence electrons. The van der Waals surface area contributed by atoms with E-state index in [0.29, 0.717) is 36.6 Å². The van der Waals surface area contributed by atoms with Gasteiger partial charge in [0.25, 0.3) is 0 Å². The van der Waals surface area contributed by atoms with Gasteiger partial charge in [0, 0.05) is 38.6 Å². The first-order valence-corrected chi connectivity index (χ1v) is 11.1.